The topological polar surface area (TPSA) is 151 Å². The summed E-state index contributed by atoms with van der Waals surface area (Å²) in [6, 6.07) is 18.3. The number of carbonyl (C=O) groups excluding carboxylic acids is 1. The number of nitrogens with zero attached hydrogens (tertiary/aromatic N) is 5. The quantitative estimate of drug-likeness (QED) is 0.185. The van der Waals surface area contributed by atoms with Gasteiger partial charge in [-0.3, -0.25) is 0 Å². The van der Waals surface area contributed by atoms with Gasteiger partial charge in [-0.25, -0.2) is 19.3 Å². The molecule has 0 aliphatic heterocycles. The molecular weight excluding hydrogens is 567 g/mol. The van der Waals surface area contributed by atoms with Crippen LogP contribution in [0.2, 0.25) is 10.2 Å². The van der Waals surface area contributed by atoms with Gasteiger partial charge < -0.3 is 20.7 Å². The van der Waals surface area contributed by atoms with Gasteiger partial charge in [0, 0.05) is 17.1 Å². The van der Waals surface area contributed by atoms with Crippen LogP contribution in [-0.4, -0.2) is 47.3 Å². The number of rotatable bonds is 9. The number of hydrogen-bond acceptors (Lipinski definition) is 6. The van der Waals surface area contributed by atoms with Crippen molar-refractivity contribution in [2.24, 2.45) is 0 Å². The molecule has 0 aliphatic rings. The zero-order valence-corrected chi connectivity index (χ0v) is 23.2. The van der Waals surface area contributed by atoms with E-state index in [9.17, 15) is 14.7 Å². The molecule has 5 aromatic rings. The van der Waals surface area contributed by atoms with Gasteiger partial charge in [0.25, 0.3) is 0 Å². The van der Waals surface area contributed by atoms with Gasteiger partial charge in [0.15, 0.2) is 0 Å². The molecule has 0 radical (unpaired) electrons. The lowest BCUT2D eigenvalue weighted by Gasteiger charge is -2.18. The van der Waals surface area contributed by atoms with Crippen LogP contribution >= 0.6 is 23.2 Å². The van der Waals surface area contributed by atoms with Crippen LogP contribution in [0.15, 0.2) is 73.1 Å². The van der Waals surface area contributed by atoms with E-state index in [1.54, 1.807) is 36.4 Å². The van der Waals surface area contributed by atoms with E-state index in [0.717, 1.165) is 11.1 Å². The van der Waals surface area contributed by atoms with Gasteiger partial charge >= 0.3 is 12.0 Å². The van der Waals surface area contributed by atoms with Gasteiger partial charge in [0.05, 0.1) is 17.3 Å². The number of imidazole rings is 1. The van der Waals surface area contributed by atoms with E-state index < -0.39 is 18.0 Å². The van der Waals surface area contributed by atoms with Gasteiger partial charge in [0.1, 0.15) is 23.0 Å². The predicted octanol–water partition coefficient (Wildman–Crippen LogP) is 5.15. The molecule has 2 aromatic heterocycles. The van der Waals surface area contributed by atoms with Crippen molar-refractivity contribution in [1.82, 2.24) is 40.8 Å². The standard InChI is InChI=1S/C28H24Cl2N8O3/c1-16-5-7-18(8-6-16)24-25(30)35-26(34-24)22(12-17-3-2-4-19(11-17)27(39)40)33-28(41)31-14-20-13-21(29)9-10-23(20)38-15-32-36-37-38/h2-11,13,15,22H,12,14H2,1H3,(H,34,35)(H,39,40)(H2,31,33,41)/t22-/m0/s1. The number of tetrazole rings is 1. The number of carbonyl (C=O) groups is 2. The minimum atomic E-state index is -1.04. The molecule has 0 saturated heterocycles. The fraction of sp³-hybridized carbons (Fsp3) is 0.143. The number of hydrogen-bond donors (Lipinski definition) is 4. The summed E-state index contributed by atoms with van der Waals surface area (Å²) in [5.74, 6) is -0.629. The Labute approximate surface area is 244 Å². The number of aromatic carboxylic acids is 1. The smallest absolute Gasteiger partial charge is 0.335 e. The van der Waals surface area contributed by atoms with E-state index in [0.29, 0.717) is 38.5 Å². The first kappa shape index (κ1) is 27.8. The molecule has 208 valence electrons. The van der Waals surface area contributed by atoms with Crippen LogP contribution in [0, 0.1) is 6.92 Å². The fourth-order valence-electron chi connectivity index (χ4n) is 4.30. The first-order valence-electron chi connectivity index (χ1n) is 12.5. The van der Waals surface area contributed by atoms with Gasteiger partial charge in [0.2, 0.25) is 0 Å². The van der Waals surface area contributed by atoms with Crippen molar-refractivity contribution in [2.45, 2.75) is 25.9 Å². The van der Waals surface area contributed by atoms with Gasteiger partial charge in [-0.15, -0.1) is 5.10 Å². The Morgan fingerprint density at radius 1 is 1.07 bits per heavy atom. The van der Waals surface area contributed by atoms with E-state index in [1.807, 2.05) is 31.2 Å². The highest BCUT2D eigenvalue weighted by Crippen LogP contribution is 2.29. The number of aromatic nitrogens is 6. The third-order valence-corrected chi connectivity index (χ3v) is 6.84. The summed E-state index contributed by atoms with van der Waals surface area (Å²) in [5, 5.41) is 27.3. The molecule has 4 N–H and O–H groups in total. The number of halogens is 2. The molecule has 3 aromatic carbocycles. The highest BCUT2D eigenvalue weighted by molar-refractivity contribution is 6.32. The molecule has 0 saturated carbocycles. The zero-order chi connectivity index (χ0) is 28.9. The van der Waals surface area contributed by atoms with Crippen molar-refractivity contribution in [3.05, 3.63) is 111 Å². The lowest BCUT2D eigenvalue weighted by atomic mass is 10.0. The van der Waals surface area contributed by atoms with E-state index in [-0.39, 0.29) is 18.5 Å². The minimum Gasteiger partial charge on any atom is -0.478 e. The summed E-state index contributed by atoms with van der Waals surface area (Å²) in [6.07, 6.45) is 1.69. The van der Waals surface area contributed by atoms with E-state index in [1.165, 1.54) is 17.1 Å². The number of aryl methyl sites for hydroxylation is 1. The van der Waals surface area contributed by atoms with E-state index in [2.05, 4.69) is 31.1 Å². The van der Waals surface area contributed by atoms with Crippen LogP contribution in [0.4, 0.5) is 4.79 Å². The van der Waals surface area contributed by atoms with Crippen LogP contribution in [0.3, 0.4) is 0 Å². The molecule has 0 aliphatic carbocycles. The molecular formula is C28H24Cl2N8O3. The van der Waals surface area contributed by atoms with Crippen molar-refractivity contribution in [3.63, 3.8) is 0 Å². The lowest BCUT2D eigenvalue weighted by Crippen LogP contribution is -2.39. The van der Waals surface area contributed by atoms with Crippen LogP contribution in [-0.2, 0) is 13.0 Å². The van der Waals surface area contributed by atoms with Crippen molar-refractivity contribution >= 4 is 35.2 Å². The van der Waals surface area contributed by atoms with Crippen LogP contribution in [0.25, 0.3) is 16.9 Å². The first-order chi connectivity index (χ1) is 19.8. The molecule has 41 heavy (non-hydrogen) atoms. The summed E-state index contributed by atoms with van der Waals surface area (Å²) in [7, 11) is 0. The van der Waals surface area contributed by atoms with Gasteiger partial charge in [-0.05, 0) is 65.2 Å². The summed E-state index contributed by atoms with van der Waals surface area (Å²) in [5.41, 5.74) is 4.62. The Bertz CT molecular complexity index is 1690. The molecule has 2 amide bonds. The number of aromatic amines is 1. The summed E-state index contributed by atoms with van der Waals surface area (Å²) in [6.45, 7) is 2.11. The summed E-state index contributed by atoms with van der Waals surface area (Å²) in [4.78, 5) is 32.5. The first-order valence-corrected chi connectivity index (χ1v) is 13.2. The second-order valence-corrected chi connectivity index (χ2v) is 10.1. The molecule has 0 fully saturated rings. The predicted molar refractivity (Wildman–Crippen MR) is 153 cm³/mol. The number of benzene rings is 3. The Balaban J connectivity index is 1.40. The normalized spacial score (nSPS) is 11.7. The maximum absolute atomic E-state index is 13.2. The lowest BCUT2D eigenvalue weighted by molar-refractivity contribution is 0.0696. The highest BCUT2D eigenvalue weighted by Gasteiger charge is 2.22. The number of carboxylic acid groups (broad SMARTS) is 1. The average Bonchev–Trinajstić information content (AvgIpc) is 3.62. The Hall–Kier alpha value is -4.74. The molecule has 1 atom stereocenters. The van der Waals surface area contributed by atoms with Crippen molar-refractivity contribution in [1.29, 1.82) is 0 Å². The molecule has 2 heterocycles. The van der Waals surface area contributed by atoms with Gasteiger partial charge in [-0.2, -0.15) is 0 Å². The Morgan fingerprint density at radius 3 is 2.61 bits per heavy atom. The van der Waals surface area contributed by atoms with Crippen LogP contribution in [0.1, 0.15) is 38.9 Å². The minimum absolute atomic E-state index is 0.121. The largest absolute Gasteiger partial charge is 0.478 e. The molecule has 0 spiro atoms. The molecule has 11 nitrogen and oxygen atoms in total. The number of H-pyrrole nitrogens is 1. The zero-order valence-electron chi connectivity index (χ0n) is 21.7. The SMILES string of the molecule is Cc1ccc(-c2nc([C@H](Cc3cccc(C(=O)O)c3)NC(=O)NCc3cc(Cl)ccc3-n3cnnn3)[nH]c2Cl)cc1. The number of carboxylic acids is 1. The van der Waals surface area contributed by atoms with E-state index >= 15 is 0 Å². The molecule has 0 bridgehead atoms. The maximum atomic E-state index is 13.2. The molecule has 13 heteroatoms. The Kier molecular flexibility index (Phi) is 8.27. The van der Waals surface area contributed by atoms with Crippen molar-refractivity contribution < 1.29 is 14.7 Å². The fourth-order valence-corrected chi connectivity index (χ4v) is 4.74. The number of amides is 2. The maximum Gasteiger partial charge on any atom is 0.335 e. The van der Waals surface area contributed by atoms with Crippen molar-refractivity contribution in [3.8, 4) is 16.9 Å². The summed E-state index contributed by atoms with van der Waals surface area (Å²) >= 11 is 12.7. The molecule has 5 rings (SSSR count). The molecule has 0 unspecified atom stereocenters. The summed E-state index contributed by atoms with van der Waals surface area (Å²) < 4.78 is 1.47. The third kappa shape index (κ3) is 6.71. The van der Waals surface area contributed by atoms with Gasteiger partial charge in [-0.1, -0.05) is 65.2 Å². The second kappa shape index (κ2) is 12.2. The third-order valence-electron chi connectivity index (χ3n) is 6.33. The second-order valence-electron chi connectivity index (χ2n) is 9.27. The average molecular weight is 591 g/mol. The Morgan fingerprint density at radius 2 is 1.88 bits per heavy atom. The van der Waals surface area contributed by atoms with E-state index in [4.69, 9.17) is 28.2 Å². The van der Waals surface area contributed by atoms with Crippen molar-refractivity contribution in [2.75, 3.05) is 0 Å². The number of nitrogens with one attached hydrogen (secondary N) is 3. The number of urea groups is 1. The monoisotopic (exact) mass is 590 g/mol. The highest BCUT2D eigenvalue weighted by atomic mass is 35.5. The van der Waals surface area contributed by atoms with Crippen LogP contribution in [0.5, 0.6) is 0 Å². The van der Waals surface area contributed by atoms with Crippen LogP contribution < -0.4 is 10.6 Å².